The molecule has 0 rings (SSSR count). The van der Waals surface area contributed by atoms with Crippen molar-refractivity contribution in [3.05, 3.63) is 0 Å². The molecule has 0 aromatic rings. The van der Waals surface area contributed by atoms with Gasteiger partial charge in [-0.3, -0.25) is 9.05 Å². The summed E-state index contributed by atoms with van der Waals surface area (Å²) >= 11 is 3.96. The molecule has 0 aromatic heterocycles. The Labute approximate surface area is 156 Å². The highest BCUT2D eigenvalue weighted by Crippen LogP contribution is 2.43. The molecule has 0 saturated heterocycles. The number of carbonyl (C=O) groups excluding carboxylic acids is 1. The van der Waals surface area contributed by atoms with Gasteiger partial charge in [0.1, 0.15) is 5.78 Å². The van der Waals surface area contributed by atoms with E-state index in [9.17, 15) is 19.1 Å². The molecule has 2 N–H and O–H groups in total. The molecule has 0 amide bonds. The molecule has 0 bridgehead atoms. The first-order valence-electron chi connectivity index (χ1n) is 8.34. The number of ketones is 1. The van der Waals surface area contributed by atoms with Crippen LogP contribution in [0.3, 0.4) is 0 Å². The fraction of sp³-hybridized carbons (Fsp3) is 0.929. The molecule has 8 nitrogen and oxygen atoms in total. The van der Waals surface area contributed by atoms with E-state index in [0.717, 1.165) is 32.1 Å². The Kier molecular flexibility index (Phi) is 16.9. The topological polar surface area (TPSA) is 112 Å². The van der Waals surface area contributed by atoms with Crippen LogP contribution in [-0.4, -0.2) is 47.8 Å². The Morgan fingerprint density at radius 1 is 0.960 bits per heavy atom. The predicted octanol–water partition coefficient (Wildman–Crippen LogP) is 3.62. The molecular weight excluding hydrogens is 390 g/mol. The molecule has 25 heavy (non-hydrogen) atoms. The summed E-state index contributed by atoms with van der Waals surface area (Å²) in [4.78, 5) is 29.6. The maximum Gasteiger partial charge on any atom is 0.472 e. The molecule has 0 radical (unpaired) electrons. The highest BCUT2D eigenvalue weighted by molar-refractivity contribution is 7.80. The number of rotatable bonds is 18. The van der Waals surface area contributed by atoms with E-state index in [-0.39, 0.29) is 25.6 Å². The van der Waals surface area contributed by atoms with E-state index in [1.54, 1.807) is 6.92 Å². The van der Waals surface area contributed by atoms with Crippen LogP contribution in [0.1, 0.15) is 51.9 Å². The lowest BCUT2D eigenvalue weighted by atomic mass is 10.1. The summed E-state index contributed by atoms with van der Waals surface area (Å²) < 4.78 is 30.9. The number of phosphoric ester groups is 1. The molecule has 0 fully saturated rings. The van der Waals surface area contributed by atoms with Gasteiger partial charge in [0.15, 0.2) is 0 Å². The van der Waals surface area contributed by atoms with Crippen LogP contribution in [0.15, 0.2) is 0 Å². The van der Waals surface area contributed by atoms with E-state index in [1.165, 1.54) is 0 Å². The normalized spacial score (nSPS) is 15.0. The Morgan fingerprint density at radius 2 is 1.56 bits per heavy atom. The molecule has 0 aromatic carbocycles. The largest absolute Gasteiger partial charge is 0.472 e. The minimum atomic E-state index is -4.08. The lowest BCUT2D eigenvalue weighted by Crippen LogP contribution is -2.04. The first kappa shape index (κ1) is 25.4. The number of Topliss-reactive ketones (excluding diaryl/α,β-unsaturated/α-hetero) is 1. The van der Waals surface area contributed by atoms with Crippen LogP contribution in [0.4, 0.5) is 0 Å². The summed E-state index contributed by atoms with van der Waals surface area (Å²) in [5.41, 5.74) is 0. The van der Waals surface area contributed by atoms with E-state index in [0.29, 0.717) is 25.2 Å². The van der Waals surface area contributed by atoms with Crippen molar-refractivity contribution in [2.45, 2.75) is 51.9 Å². The van der Waals surface area contributed by atoms with Gasteiger partial charge in [0, 0.05) is 6.42 Å². The number of phosphoric acid groups is 1. The van der Waals surface area contributed by atoms with E-state index in [4.69, 9.17) is 9.05 Å². The minimum Gasteiger partial charge on any atom is -0.328 e. The summed E-state index contributed by atoms with van der Waals surface area (Å²) in [5.74, 6) is 0.769. The van der Waals surface area contributed by atoms with Crippen molar-refractivity contribution in [1.82, 2.24) is 0 Å². The second-order valence-electron chi connectivity index (χ2n) is 5.34. The van der Waals surface area contributed by atoms with Crippen molar-refractivity contribution < 1.29 is 37.2 Å². The van der Waals surface area contributed by atoms with Crippen LogP contribution in [-0.2, 0) is 27.5 Å². The SMILES string of the molecule is CC(=O)CCCCCCCOP(O)OCCOP(=O)(O)OCCCS. The quantitative estimate of drug-likeness (QED) is 0.175. The van der Waals surface area contributed by atoms with Crippen LogP contribution >= 0.6 is 29.1 Å². The van der Waals surface area contributed by atoms with Gasteiger partial charge in [0.2, 0.25) is 0 Å². The van der Waals surface area contributed by atoms with Gasteiger partial charge in [-0.05, 0) is 31.9 Å². The Bertz CT molecular complexity index is 386. The van der Waals surface area contributed by atoms with E-state index >= 15 is 0 Å². The van der Waals surface area contributed by atoms with Gasteiger partial charge < -0.3 is 23.6 Å². The third-order valence-electron chi connectivity index (χ3n) is 2.97. The molecule has 0 heterocycles. The lowest BCUT2D eigenvalue weighted by molar-refractivity contribution is -0.117. The van der Waals surface area contributed by atoms with Crippen molar-refractivity contribution in [2.24, 2.45) is 0 Å². The van der Waals surface area contributed by atoms with Crippen molar-refractivity contribution in [1.29, 1.82) is 0 Å². The smallest absolute Gasteiger partial charge is 0.328 e. The molecule has 0 saturated carbocycles. The van der Waals surface area contributed by atoms with Gasteiger partial charge in [-0.25, -0.2) is 4.57 Å². The predicted molar refractivity (Wildman–Crippen MR) is 99.6 cm³/mol. The minimum absolute atomic E-state index is 0.0757. The monoisotopic (exact) mass is 420 g/mol. The van der Waals surface area contributed by atoms with Gasteiger partial charge in [0.05, 0.1) is 26.4 Å². The Morgan fingerprint density at radius 3 is 2.24 bits per heavy atom. The zero-order valence-electron chi connectivity index (χ0n) is 14.7. The van der Waals surface area contributed by atoms with Crippen LogP contribution in [0.5, 0.6) is 0 Å². The van der Waals surface area contributed by atoms with Crippen LogP contribution in [0.25, 0.3) is 0 Å². The third-order valence-corrected chi connectivity index (χ3v) is 5.11. The average molecular weight is 420 g/mol. The molecular formula is C14H30O8P2S. The third kappa shape index (κ3) is 19.0. The molecule has 11 heteroatoms. The second kappa shape index (κ2) is 16.6. The number of unbranched alkanes of at least 4 members (excludes halogenated alkanes) is 4. The second-order valence-corrected chi connectivity index (χ2v) is 8.23. The first-order valence-corrected chi connectivity index (χ1v) is 11.6. The zero-order valence-corrected chi connectivity index (χ0v) is 17.4. The average Bonchev–Trinajstić information content (AvgIpc) is 2.54. The van der Waals surface area contributed by atoms with Crippen LogP contribution in [0.2, 0.25) is 0 Å². The van der Waals surface area contributed by atoms with Crippen molar-refractivity contribution in [3.63, 3.8) is 0 Å². The summed E-state index contributed by atoms with van der Waals surface area (Å²) in [6, 6.07) is 0. The number of hydrogen-bond acceptors (Lipinski definition) is 8. The van der Waals surface area contributed by atoms with Gasteiger partial charge >= 0.3 is 16.4 Å². The number of thiol groups is 1. The maximum atomic E-state index is 11.4. The molecule has 0 spiro atoms. The van der Waals surface area contributed by atoms with Crippen molar-refractivity contribution in [2.75, 3.05) is 32.2 Å². The number of hydrogen-bond donors (Lipinski definition) is 3. The highest BCUT2D eigenvalue weighted by Gasteiger charge is 2.20. The van der Waals surface area contributed by atoms with E-state index in [2.05, 4.69) is 21.7 Å². The lowest BCUT2D eigenvalue weighted by Gasteiger charge is -2.13. The summed E-state index contributed by atoms with van der Waals surface area (Å²) in [7, 11) is -6.10. The number of carbonyl (C=O) groups is 1. The molecule has 0 aliphatic carbocycles. The van der Waals surface area contributed by atoms with Gasteiger partial charge in [-0.1, -0.05) is 19.3 Å². The molecule has 2 unspecified atom stereocenters. The van der Waals surface area contributed by atoms with Crippen molar-refractivity contribution >= 4 is 34.8 Å². The fourth-order valence-electron chi connectivity index (χ4n) is 1.74. The molecule has 0 aliphatic rings. The van der Waals surface area contributed by atoms with Crippen LogP contribution < -0.4 is 0 Å². The van der Waals surface area contributed by atoms with Crippen LogP contribution in [0, 0.1) is 0 Å². The zero-order chi connectivity index (χ0) is 19.0. The summed E-state index contributed by atoms with van der Waals surface area (Å²) in [5, 5.41) is 0. The van der Waals surface area contributed by atoms with Crippen molar-refractivity contribution in [3.8, 4) is 0 Å². The van der Waals surface area contributed by atoms with Gasteiger partial charge in [-0.2, -0.15) is 12.6 Å². The molecule has 150 valence electrons. The standard InChI is InChI=1S/C14H30O8P2S/c1-14(15)8-5-3-2-4-6-9-19-23(16)20-11-12-22-24(17,18)21-10-7-13-25/h16,25H,2-13H2,1H3,(H,17,18). The maximum absolute atomic E-state index is 11.4. The Hall–Kier alpha value is 0.440. The van der Waals surface area contributed by atoms with Gasteiger partial charge in [-0.15, -0.1) is 0 Å². The highest BCUT2D eigenvalue weighted by atomic mass is 32.1. The van der Waals surface area contributed by atoms with Gasteiger partial charge in [0.25, 0.3) is 0 Å². The first-order chi connectivity index (χ1) is 11.9. The van der Waals surface area contributed by atoms with E-state index in [1.807, 2.05) is 0 Å². The van der Waals surface area contributed by atoms with E-state index < -0.39 is 16.4 Å². The Balaban J connectivity index is 3.45. The fourth-order valence-corrected chi connectivity index (χ4v) is 3.20. The summed E-state index contributed by atoms with van der Waals surface area (Å²) in [6.45, 7) is 1.80. The summed E-state index contributed by atoms with van der Waals surface area (Å²) in [6.07, 6.45) is 5.88. The molecule has 2 atom stereocenters. The molecule has 0 aliphatic heterocycles.